The Kier molecular flexibility index (Phi) is 4.17. The van der Waals surface area contributed by atoms with Crippen LogP contribution >= 0.6 is 0 Å². The van der Waals surface area contributed by atoms with E-state index in [-0.39, 0.29) is 6.04 Å². The number of furan rings is 1. The maximum Gasteiger partial charge on any atom is 0.135 e. The molecule has 3 heterocycles. The Bertz CT molecular complexity index is 2220. The molecule has 0 fully saturated rings. The molecule has 8 aromatic rings. The van der Waals surface area contributed by atoms with E-state index in [4.69, 9.17) is 4.42 Å². The minimum absolute atomic E-state index is 0.189. The van der Waals surface area contributed by atoms with E-state index in [1.165, 1.54) is 60.2 Å². The van der Waals surface area contributed by atoms with Gasteiger partial charge in [0.05, 0.1) is 28.3 Å². The van der Waals surface area contributed by atoms with Gasteiger partial charge >= 0.3 is 0 Å². The summed E-state index contributed by atoms with van der Waals surface area (Å²) < 4.78 is 11.2. The third-order valence-corrected chi connectivity index (χ3v) is 8.48. The van der Waals surface area contributed by atoms with E-state index in [1.54, 1.807) is 0 Å². The van der Waals surface area contributed by atoms with Gasteiger partial charge in [-0.3, -0.25) is 0 Å². The van der Waals surface area contributed by atoms with Crippen molar-refractivity contribution in [3.63, 3.8) is 0 Å². The molecule has 0 amide bonds. The minimum atomic E-state index is 0.189. The number of allylic oxidation sites excluding steroid dienone is 1. The van der Waals surface area contributed by atoms with E-state index in [2.05, 4.69) is 130 Å². The molecule has 0 spiro atoms. The number of rotatable bonds is 2. The summed E-state index contributed by atoms with van der Waals surface area (Å²) in [4.78, 5) is 0. The van der Waals surface area contributed by atoms with Crippen molar-refractivity contribution in [2.24, 2.45) is 0 Å². The van der Waals surface area contributed by atoms with E-state index < -0.39 is 0 Å². The molecule has 1 atom stereocenters. The van der Waals surface area contributed by atoms with E-state index in [0.717, 1.165) is 17.8 Å². The van der Waals surface area contributed by atoms with Gasteiger partial charge in [0, 0.05) is 44.4 Å². The highest BCUT2D eigenvalue weighted by Gasteiger charge is 2.25. The van der Waals surface area contributed by atoms with Crippen LogP contribution in [0.3, 0.4) is 0 Å². The number of nitrogens with zero attached hydrogens (tertiary/aromatic N) is 2. The van der Waals surface area contributed by atoms with Crippen LogP contribution in [0.4, 0.5) is 0 Å². The van der Waals surface area contributed by atoms with Crippen LogP contribution in [0.1, 0.15) is 17.4 Å². The second-order valence-electron chi connectivity index (χ2n) is 10.5. The quantitative estimate of drug-likeness (QED) is 0.232. The second kappa shape index (κ2) is 7.75. The standard InChI is InChI=1S/C36H24N2O/c1-5-14-29-24(10-1)25-11-2-6-15-30(25)38(29)33-18-9-17-32-36(33)27-13-3-7-16-31(27)37(32)23-20-21-35-28(22-23)26-12-4-8-19-34(26)39-35/h1-21,23H,22H2. The summed E-state index contributed by atoms with van der Waals surface area (Å²) >= 11 is 0. The van der Waals surface area contributed by atoms with E-state index in [1.807, 2.05) is 6.07 Å². The third-order valence-electron chi connectivity index (χ3n) is 8.48. The summed E-state index contributed by atoms with van der Waals surface area (Å²) in [5.74, 6) is 0.985. The molecule has 0 bridgehead atoms. The normalized spacial score (nSPS) is 15.2. The zero-order valence-corrected chi connectivity index (χ0v) is 21.2. The predicted octanol–water partition coefficient (Wildman–Crippen LogP) is 9.45. The Morgan fingerprint density at radius 3 is 1.95 bits per heavy atom. The molecule has 9 rings (SSSR count). The molecular weight excluding hydrogens is 476 g/mol. The Morgan fingerprint density at radius 1 is 0.564 bits per heavy atom. The summed E-state index contributed by atoms with van der Waals surface area (Å²) in [6.45, 7) is 0. The minimum Gasteiger partial charge on any atom is -0.456 e. The monoisotopic (exact) mass is 500 g/mol. The molecular formula is C36H24N2O. The lowest BCUT2D eigenvalue weighted by Crippen LogP contribution is -2.12. The number of benzene rings is 5. The molecule has 0 saturated heterocycles. The fourth-order valence-electron chi connectivity index (χ4n) is 6.87. The first-order valence-electron chi connectivity index (χ1n) is 13.6. The highest BCUT2D eigenvalue weighted by atomic mass is 16.3. The zero-order chi connectivity index (χ0) is 25.5. The molecule has 3 heteroatoms. The van der Waals surface area contributed by atoms with Crippen molar-refractivity contribution in [3.05, 3.63) is 133 Å². The lowest BCUT2D eigenvalue weighted by atomic mass is 9.97. The van der Waals surface area contributed by atoms with Gasteiger partial charge in [0.15, 0.2) is 0 Å². The molecule has 1 aliphatic rings. The molecule has 0 aliphatic heterocycles. The van der Waals surface area contributed by atoms with Crippen molar-refractivity contribution >= 4 is 60.7 Å². The van der Waals surface area contributed by atoms with Crippen molar-refractivity contribution < 1.29 is 4.42 Å². The fraction of sp³-hybridized carbons (Fsp3) is 0.0556. The largest absolute Gasteiger partial charge is 0.456 e. The predicted molar refractivity (Wildman–Crippen MR) is 162 cm³/mol. The summed E-state index contributed by atoms with van der Waals surface area (Å²) in [7, 11) is 0. The number of hydrogen-bond donors (Lipinski definition) is 0. The van der Waals surface area contributed by atoms with Gasteiger partial charge in [0.2, 0.25) is 0 Å². The van der Waals surface area contributed by atoms with Crippen LogP contribution in [-0.2, 0) is 6.42 Å². The van der Waals surface area contributed by atoms with Gasteiger partial charge in [-0.1, -0.05) is 84.9 Å². The maximum atomic E-state index is 6.18. The van der Waals surface area contributed by atoms with Crippen LogP contribution in [0.15, 0.2) is 126 Å². The molecule has 184 valence electrons. The SMILES string of the molecule is C1=CC(n2c3ccccc3c3c(-n4c5ccccc5c5ccccc54)cccc32)Cc2c1oc1ccccc21. The number of aromatic nitrogens is 2. The van der Waals surface area contributed by atoms with Gasteiger partial charge in [0.1, 0.15) is 11.3 Å². The summed E-state index contributed by atoms with van der Waals surface area (Å²) in [6.07, 6.45) is 5.38. The van der Waals surface area contributed by atoms with Gasteiger partial charge < -0.3 is 13.6 Å². The van der Waals surface area contributed by atoms with Crippen molar-refractivity contribution in [3.8, 4) is 5.69 Å². The first-order chi connectivity index (χ1) is 19.4. The topological polar surface area (TPSA) is 23.0 Å². The van der Waals surface area contributed by atoms with E-state index in [0.29, 0.717) is 0 Å². The first kappa shape index (κ1) is 21.0. The third kappa shape index (κ3) is 2.82. The van der Waals surface area contributed by atoms with Crippen molar-refractivity contribution in [2.75, 3.05) is 0 Å². The summed E-state index contributed by atoms with van der Waals surface area (Å²) in [5.41, 5.74) is 8.44. The molecule has 1 unspecified atom stereocenters. The lowest BCUT2D eigenvalue weighted by molar-refractivity contribution is 0.572. The maximum absolute atomic E-state index is 6.18. The molecule has 3 aromatic heterocycles. The fourth-order valence-corrected chi connectivity index (χ4v) is 6.87. The average molecular weight is 501 g/mol. The Labute approximate surface area is 224 Å². The summed E-state index contributed by atoms with van der Waals surface area (Å²) in [5, 5.41) is 6.34. The van der Waals surface area contributed by atoms with Crippen LogP contribution in [-0.4, -0.2) is 9.13 Å². The lowest BCUT2D eigenvalue weighted by Gasteiger charge is -2.21. The zero-order valence-electron chi connectivity index (χ0n) is 21.2. The van der Waals surface area contributed by atoms with Gasteiger partial charge in [-0.25, -0.2) is 0 Å². The van der Waals surface area contributed by atoms with Crippen LogP contribution in [0.5, 0.6) is 0 Å². The molecule has 5 aromatic carbocycles. The number of fused-ring (bicyclic) bond motifs is 9. The molecule has 39 heavy (non-hydrogen) atoms. The molecule has 3 nitrogen and oxygen atoms in total. The van der Waals surface area contributed by atoms with Gasteiger partial charge in [0.25, 0.3) is 0 Å². The highest BCUT2D eigenvalue weighted by molar-refractivity contribution is 6.16. The Morgan fingerprint density at radius 2 is 1.18 bits per heavy atom. The van der Waals surface area contributed by atoms with Crippen LogP contribution < -0.4 is 0 Å². The molecule has 0 radical (unpaired) electrons. The molecule has 0 N–H and O–H groups in total. The molecule has 1 aliphatic carbocycles. The smallest absolute Gasteiger partial charge is 0.135 e. The van der Waals surface area contributed by atoms with Crippen LogP contribution in [0.2, 0.25) is 0 Å². The Balaban J connectivity index is 1.34. The highest BCUT2D eigenvalue weighted by Crippen LogP contribution is 2.42. The van der Waals surface area contributed by atoms with Gasteiger partial charge in [-0.2, -0.15) is 0 Å². The van der Waals surface area contributed by atoms with Crippen LogP contribution in [0.25, 0.3) is 66.3 Å². The van der Waals surface area contributed by atoms with E-state index >= 15 is 0 Å². The van der Waals surface area contributed by atoms with E-state index in [9.17, 15) is 0 Å². The second-order valence-corrected chi connectivity index (χ2v) is 10.5. The first-order valence-corrected chi connectivity index (χ1v) is 13.6. The van der Waals surface area contributed by atoms with Crippen molar-refractivity contribution in [2.45, 2.75) is 12.5 Å². The Hall–Kier alpha value is -5.02. The van der Waals surface area contributed by atoms with Crippen LogP contribution in [0, 0.1) is 0 Å². The number of para-hydroxylation sites is 4. The van der Waals surface area contributed by atoms with Crippen molar-refractivity contribution in [1.29, 1.82) is 0 Å². The average Bonchev–Trinajstić information content (AvgIpc) is 3.64. The molecule has 0 saturated carbocycles. The van der Waals surface area contributed by atoms with Crippen molar-refractivity contribution in [1.82, 2.24) is 9.13 Å². The van der Waals surface area contributed by atoms with Gasteiger partial charge in [-0.15, -0.1) is 0 Å². The summed E-state index contributed by atoms with van der Waals surface area (Å²) in [6, 6.07) is 41.7. The number of hydrogen-bond acceptors (Lipinski definition) is 1. The van der Waals surface area contributed by atoms with Gasteiger partial charge in [-0.05, 0) is 42.5 Å².